The van der Waals surface area contributed by atoms with Crippen molar-refractivity contribution in [2.24, 2.45) is 0 Å². The molecule has 2 aromatic rings. The molecule has 0 aliphatic rings. The molecule has 0 atom stereocenters. The number of rotatable bonds is 4. The number of anilines is 1. The van der Waals surface area contributed by atoms with Gasteiger partial charge in [0, 0.05) is 22.5 Å². The van der Waals surface area contributed by atoms with Gasteiger partial charge in [-0.2, -0.15) is 0 Å². The van der Waals surface area contributed by atoms with Crippen molar-refractivity contribution >= 4 is 23.1 Å². The van der Waals surface area contributed by atoms with Gasteiger partial charge in [-0.1, -0.05) is 41.9 Å². The number of benzene rings is 2. The molecule has 3 heteroatoms. The molecule has 2 aromatic carbocycles. The Balaban J connectivity index is 2.23. The number of nitrogens with two attached hydrogens (primary N) is 1. The van der Waals surface area contributed by atoms with Crippen LogP contribution in [-0.4, -0.2) is 5.78 Å². The molecule has 0 bridgehead atoms. The zero-order valence-corrected chi connectivity index (χ0v) is 12.4. The summed E-state index contributed by atoms with van der Waals surface area (Å²) in [7, 11) is 0. The van der Waals surface area contributed by atoms with Crippen LogP contribution in [-0.2, 0) is 16.6 Å². The highest BCUT2D eigenvalue weighted by atomic mass is 35.5. The van der Waals surface area contributed by atoms with Crippen LogP contribution in [0.15, 0.2) is 48.5 Å². The minimum atomic E-state index is -0.563. The summed E-state index contributed by atoms with van der Waals surface area (Å²) in [5.74, 6) is 0.135. The quantitative estimate of drug-likeness (QED) is 0.863. The van der Waals surface area contributed by atoms with Crippen LogP contribution in [0.2, 0.25) is 5.02 Å². The highest BCUT2D eigenvalue weighted by Crippen LogP contribution is 2.28. The maximum Gasteiger partial charge on any atom is 0.147 e. The van der Waals surface area contributed by atoms with Crippen molar-refractivity contribution in [3.8, 4) is 0 Å². The molecule has 0 radical (unpaired) electrons. The van der Waals surface area contributed by atoms with Crippen molar-refractivity contribution in [1.82, 2.24) is 0 Å². The third-order valence-corrected chi connectivity index (χ3v) is 4.01. The zero-order chi connectivity index (χ0) is 14.8. The lowest BCUT2D eigenvalue weighted by Crippen LogP contribution is -2.30. The minimum Gasteiger partial charge on any atom is -0.399 e. The van der Waals surface area contributed by atoms with Crippen LogP contribution >= 0.6 is 11.6 Å². The molecule has 0 amide bonds. The molecule has 0 fully saturated rings. The van der Waals surface area contributed by atoms with E-state index in [1.54, 1.807) is 6.07 Å². The number of Topliss-reactive ketones (excluding diaryl/α,β-unsaturated/α-hetero) is 1. The van der Waals surface area contributed by atoms with Crippen molar-refractivity contribution in [2.45, 2.75) is 25.7 Å². The highest BCUT2D eigenvalue weighted by molar-refractivity contribution is 6.31. The van der Waals surface area contributed by atoms with E-state index in [0.29, 0.717) is 17.1 Å². The number of carbonyl (C=O) groups excluding carboxylic acids is 1. The van der Waals surface area contributed by atoms with Gasteiger partial charge in [0.25, 0.3) is 0 Å². The summed E-state index contributed by atoms with van der Waals surface area (Å²) in [6.07, 6.45) is 0.330. The molecule has 0 saturated carbocycles. The lowest BCUT2D eigenvalue weighted by atomic mass is 9.78. The summed E-state index contributed by atoms with van der Waals surface area (Å²) in [5, 5.41) is 0.633. The maximum atomic E-state index is 12.6. The minimum absolute atomic E-state index is 0.135. The lowest BCUT2D eigenvalue weighted by Gasteiger charge is -2.24. The molecular weight excluding hydrogens is 270 g/mol. The van der Waals surface area contributed by atoms with Crippen molar-refractivity contribution in [3.63, 3.8) is 0 Å². The highest BCUT2D eigenvalue weighted by Gasteiger charge is 2.29. The van der Waals surface area contributed by atoms with E-state index in [1.807, 2.05) is 56.3 Å². The smallest absolute Gasteiger partial charge is 0.147 e. The fourth-order valence-corrected chi connectivity index (χ4v) is 2.30. The summed E-state index contributed by atoms with van der Waals surface area (Å²) in [6, 6.07) is 14.9. The van der Waals surface area contributed by atoms with Crippen molar-refractivity contribution in [3.05, 3.63) is 64.7 Å². The van der Waals surface area contributed by atoms with E-state index >= 15 is 0 Å². The summed E-state index contributed by atoms with van der Waals surface area (Å²) in [4.78, 5) is 12.6. The topological polar surface area (TPSA) is 43.1 Å². The molecule has 0 unspecified atom stereocenters. The largest absolute Gasteiger partial charge is 0.399 e. The van der Waals surface area contributed by atoms with E-state index in [0.717, 1.165) is 11.1 Å². The molecule has 2 nitrogen and oxygen atoms in total. The Morgan fingerprint density at radius 3 is 2.30 bits per heavy atom. The molecule has 104 valence electrons. The molecular formula is C17H18ClNO. The van der Waals surface area contributed by atoms with Crippen molar-refractivity contribution in [1.29, 1.82) is 0 Å². The molecule has 0 aliphatic heterocycles. The number of nitrogen functional groups attached to an aromatic ring is 1. The molecule has 0 heterocycles. The third kappa shape index (κ3) is 3.02. The van der Waals surface area contributed by atoms with Gasteiger partial charge < -0.3 is 5.73 Å². The molecule has 0 aliphatic carbocycles. The third-order valence-electron chi connectivity index (χ3n) is 3.64. The second kappa shape index (κ2) is 5.68. The average molecular weight is 288 g/mol. The first-order valence-corrected chi connectivity index (χ1v) is 6.92. The fourth-order valence-electron chi connectivity index (χ4n) is 2.10. The van der Waals surface area contributed by atoms with Gasteiger partial charge in [0.2, 0.25) is 0 Å². The van der Waals surface area contributed by atoms with Gasteiger partial charge in [0.15, 0.2) is 0 Å². The van der Waals surface area contributed by atoms with Crippen LogP contribution in [0.1, 0.15) is 25.0 Å². The number of hydrogen-bond acceptors (Lipinski definition) is 2. The molecule has 0 spiro atoms. The summed E-state index contributed by atoms with van der Waals surface area (Å²) in [6.45, 7) is 3.86. The Hall–Kier alpha value is -1.80. The van der Waals surface area contributed by atoms with Crippen LogP contribution < -0.4 is 5.73 Å². The van der Waals surface area contributed by atoms with Crippen LogP contribution in [0.25, 0.3) is 0 Å². The normalized spacial score (nSPS) is 11.3. The van der Waals surface area contributed by atoms with Gasteiger partial charge in [0.05, 0.1) is 0 Å². The number of carbonyl (C=O) groups is 1. The number of halogens is 1. The van der Waals surface area contributed by atoms with Gasteiger partial charge >= 0.3 is 0 Å². The van der Waals surface area contributed by atoms with Crippen LogP contribution in [0.4, 0.5) is 5.69 Å². The van der Waals surface area contributed by atoms with Crippen molar-refractivity contribution < 1.29 is 4.79 Å². The summed E-state index contributed by atoms with van der Waals surface area (Å²) in [5.41, 5.74) is 7.65. The fraction of sp³-hybridized carbons (Fsp3) is 0.235. The van der Waals surface area contributed by atoms with E-state index in [-0.39, 0.29) is 5.78 Å². The van der Waals surface area contributed by atoms with E-state index in [4.69, 9.17) is 17.3 Å². The predicted molar refractivity (Wildman–Crippen MR) is 84.0 cm³/mol. The number of ketones is 1. The molecule has 20 heavy (non-hydrogen) atoms. The Kier molecular flexibility index (Phi) is 4.15. The second-order valence-electron chi connectivity index (χ2n) is 5.44. The molecule has 0 aromatic heterocycles. The lowest BCUT2D eigenvalue weighted by molar-refractivity contribution is -0.122. The Morgan fingerprint density at radius 1 is 1.10 bits per heavy atom. The maximum absolute atomic E-state index is 12.6. The van der Waals surface area contributed by atoms with Gasteiger partial charge in [0.1, 0.15) is 5.78 Å². The van der Waals surface area contributed by atoms with E-state index in [1.165, 1.54) is 0 Å². The second-order valence-corrected chi connectivity index (χ2v) is 5.85. The molecule has 2 rings (SSSR count). The Morgan fingerprint density at radius 2 is 1.70 bits per heavy atom. The van der Waals surface area contributed by atoms with Crippen LogP contribution in [0.3, 0.4) is 0 Å². The van der Waals surface area contributed by atoms with Gasteiger partial charge in [-0.3, -0.25) is 4.79 Å². The zero-order valence-electron chi connectivity index (χ0n) is 11.7. The average Bonchev–Trinajstić information content (AvgIpc) is 2.41. The first-order chi connectivity index (χ1) is 9.41. The molecule has 0 saturated heterocycles. The Labute approximate surface area is 124 Å². The Bertz CT molecular complexity index is 617. The van der Waals surface area contributed by atoms with Gasteiger partial charge in [-0.15, -0.1) is 0 Å². The summed E-state index contributed by atoms with van der Waals surface area (Å²) >= 11 is 6.12. The first kappa shape index (κ1) is 14.6. The van der Waals surface area contributed by atoms with Crippen LogP contribution in [0.5, 0.6) is 0 Å². The SMILES string of the molecule is CC(C)(C(=O)Cc1ccccc1Cl)c1ccc(N)cc1. The van der Waals surface area contributed by atoms with Gasteiger partial charge in [-0.25, -0.2) is 0 Å². The van der Waals surface area contributed by atoms with E-state index < -0.39 is 5.41 Å². The van der Waals surface area contributed by atoms with E-state index in [9.17, 15) is 4.79 Å². The standard InChI is InChI=1S/C17H18ClNO/c1-17(2,13-7-9-14(19)10-8-13)16(20)11-12-5-3-4-6-15(12)18/h3-10H,11,19H2,1-2H3. The first-order valence-electron chi connectivity index (χ1n) is 6.54. The van der Waals surface area contributed by atoms with Gasteiger partial charge in [-0.05, 0) is 43.2 Å². The number of hydrogen-bond donors (Lipinski definition) is 1. The summed E-state index contributed by atoms with van der Waals surface area (Å²) < 4.78 is 0. The van der Waals surface area contributed by atoms with Crippen LogP contribution in [0, 0.1) is 0 Å². The van der Waals surface area contributed by atoms with Crippen molar-refractivity contribution in [2.75, 3.05) is 5.73 Å². The molecule has 2 N–H and O–H groups in total. The van der Waals surface area contributed by atoms with E-state index in [2.05, 4.69) is 0 Å². The predicted octanol–water partition coefficient (Wildman–Crippen LogP) is 4.01. The monoisotopic (exact) mass is 287 g/mol.